The van der Waals surface area contributed by atoms with E-state index in [0.717, 1.165) is 10.5 Å². The van der Waals surface area contributed by atoms with Crippen LogP contribution in [0.2, 0.25) is 0 Å². The average Bonchev–Trinajstić information content (AvgIpc) is 3.10. The highest BCUT2D eigenvalue weighted by molar-refractivity contribution is 6.06. The van der Waals surface area contributed by atoms with Crippen molar-refractivity contribution in [2.75, 3.05) is 11.9 Å². The lowest BCUT2D eigenvalue weighted by molar-refractivity contribution is -0.129. The van der Waals surface area contributed by atoms with Crippen molar-refractivity contribution < 1.29 is 14.4 Å². The lowest BCUT2D eigenvalue weighted by Gasteiger charge is -2.12. The number of carbonyl (C=O) groups excluding carboxylic acids is 3. The molecule has 130 valence electrons. The minimum atomic E-state index is -0.841. The first kappa shape index (κ1) is 16.7. The number of hydrogen-bond acceptors (Lipinski definition) is 4. The molecule has 2 N–H and O–H groups in total. The van der Waals surface area contributed by atoms with Gasteiger partial charge in [0.15, 0.2) is 5.82 Å². The molecule has 1 saturated heterocycles. The Balaban J connectivity index is 1.54. The number of aryl methyl sites for hydroxylation is 1. The van der Waals surface area contributed by atoms with Gasteiger partial charge in [0.05, 0.1) is 6.42 Å². The largest absolute Gasteiger partial charge is 0.325 e. The summed E-state index contributed by atoms with van der Waals surface area (Å²) in [5.41, 5.74) is 1.04. The van der Waals surface area contributed by atoms with Crippen LogP contribution in [0.3, 0.4) is 0 Å². The molecule has 1 aliphatic heterocycles. The third-order valence-corrected chi connectivity index (χ3v) is 3.94. The fourth-order valence-electron chi connectivity index (χ4n) is 2.67. The summed E-state index contributed by atoms with van der Waals surface area (Å²) in [5.74, 6) is -0.343. The number of imide groups is 1. The maximum Gasteiger partial charge on any atom is 0.324 e. The van der Waals surface area contributed by atoms with Crippen molar-refractivity contribution >= 4 is 23.7 Å². The van der Waals surface area contributed by atoms with Gasteiger partial charge in [0.2, 0.25) is 5.91 Å². The third kappa shape index (κ3) is 4.03. The molecule has 0 bridgehead atoms. The zero-order valence-electron chi connectivity index (χ0n) is 13.8. The lowest BCUT2D eigenvalue weighted by Crippen LogP contribution is -2.35. The van der Waals surface area contributed by atoms with Crippen LogP contribution in [0.5, 0.6) is 0 Å². The van der Waals surface area contributed by atoms with Gasteiger partial charge < -0.3 is 10.6 Å². The summed E-state index contributed by atoms with van der Waals surface area (Å²) >= 11 is 0. The molecule has 25 heavy (non-hydrogen) atoms. The first-order valence-corrected chi connectivity index (χ1v) is 7.98. The molecule has 4 amide bonds. The topological polar surface area (TPSA) is 96.3 Å². The van der Waals surface area contributed by atoms with Crippen LogP contribution in [0.1, 0.15) is 12.0 Å². The van der Waals surface area contributed by atoms with Crippen LogP contribution in [-0.2, 0) is 23.1 Å². The fraction of sp³-hybridized carbons (Fsp3) is 0.294. The normalized spacial score (nSPS) is 16.8. The Labute approximate surface area is 144 Å². The van der Waals surface area contributed by atoms with Crippen molar-refractivity contribution in [1.82, 2.24) is 20.0 Å². The number of nitrogens with one attached hydrogen (secondary N) is 2. The van der Waals surface area contributed by atoms with Gasteiger partial charge in [-0.1, -0.05) is 30.3 Å². The van der Waals surface area contributed by atoms with Gasteiger partial charge >= 0.3 is 6.03 Å². The van der Waals surface area contributed by atoms with Crippen molar-refractivity contribution in [3.63, 3.8) is 0 Å². The first-order chi connectivity index (χ1) is 12.0. The predicted octanol–water partition coefficient (Wildman–Crippen LogP) is 0.912. The number of rotatable bonds is 6. The number of carbonyl (C=O) groups is 3. The number of amides is 4. The van der Waals surface area contributed by atoms with Gasteiger partial charge in [-0.25, -0.2) is 4.79 Å². The van der Waals surface area contributed by atoms with E-state index in [0.29, 0.717) is 12.2 Å². The minimum absolute atomic E-state index is 0.122. The van der Waals surface area contributed by atoms with Crippen molar-refractivity contribution in [3.8, 4) is 0 Å². The summed E-state index contributed by atoms with van der Waals surface area (Å²) < 4.78 is 1.56. The number of benzene rings is 1. The lowest BCUT2D eigenvalue weighted by atomic mass is 10.1. The molecule has 2 heterocycles. The zero-order chi connectivity index (χ0) is 17.8. The SMILES string of the molecule is Cn1ccc(NC(=O)CC2NC(=O)N(CCc3ccccc3)C2=O)n1. The molecule has 1 aromatic carbocycles. The smallest absolute Gasteiger partial charge is 0.324 e. The van der Waals surface area contributed by atoms with E-state index in [1.165, 1.54) is 0 Å². The molecule has 1 aromatic heterocycles. The summed E-state index contributed by atoms with van der Waals surface area (Å²) in [6.45, 7) is 0.285. The highest BCUT2D eigenvalue weighted by Crippen LogP contribution is 2.12. The molecule has 1 aliphatic rings. The van der Waals surface area contributed by atoms with E-state index in [1.54, 1.807) is 24.0 Å². The van der Waals surface area contributed by atoms with E-state index in [2.05, 4.69) is 15.7 Å². The third-order valence-electron chi connectivity index (χ3n) is 3.94. The van der Waals surface area contributed by atoms with Crippen molar-refractivity contribution in [3.05, 3.63) is 48.2 Å². The maximum absolute atomic E-state index is 12.4. The quantitative estimate of drug-likeness (QED) is 0.764. The summed E-state index contributed by atoms with van der Waals surface area (Å²) in [7, 11) is 1.74. The second-order valence-electron chi connectivity index (χ2n) is 5.85. The van der Waals surface area contributed by atoms with Crippen LogP contribution >= 0.6 is 0 Å². The van der Waals surface area contributed by atoms with Crippen LogP contribution in [-0.4, -0.2) is 45.1 Å². The van der Waals surface area contributed by atoms with Gasteiger partial charge in [0.25, 0.3) is 5.91 Å². The predicted molar refractivity (Wildman–Crippen MR) is 90.6 cm³/mol. The Hall–Kier alpha value is -3.16. The Morgan fingerprint density at radius 3 is 2.68 bits per heavy atom. The minimum Gasteiger partial charge on any atom is -0.325 e. The first-order valence-electron chi connectivity index (χ1n) is 7.98. The van der Waals surface area contributed by atoms with Gasteiger partial charge in [-0.2, -0.15) is 5.10 Å². The monoisotopic (exact) mass is 341 g/mol. The molecule has 1 unspecified atom stereocenters. The standard InChI is InChI=1S/C17H19N5O3/c1-21-9-8-14(20-21)19-15(23)11-13-16(24)22(17(25)18-13)10-7-12-5-3-2-4-6-12/h2-6,8-9,13H,7,10-11H2,1H3,(H,18,25)(H,19,20,23). The molecular formula is C17H19N5O3. The number of aromatic nitrogens is 2. The van der Waals surface area contributed by atoms with E-state index >= 15 is 0 Å². The molecule has 8 heteroatoms. The molecular weight excluding hydrogens is 322 g/mol. The molecule has 0 radical (unpaired) electrons. The van der Waals surface area contributed by atoms with Crippen LogP contribution in [0, 0.1) is 0 Å². The molecule has 0 spiro atoms. The molecule has 1 fully saturated rings. The summed E-state index contributed by atoms with van der Waals surface area (Å²) in [5, 5.41) is 9.21. The van der Waals surface area contributed by atoms with Crippen LogP contribution in [0.25, 0.3) is 0 Å². The highest BCUT2D eigenvalue weighted by atomic mass is 16.2. The van der Waals surface area contributed by atoms with Crippen molar-refractivity contribution in [2.45, 2.75) is 18.9 Å². The number of hydrogen-bond donors (Lipinski definition) is 2. The maximum atomic E-state index is 12.4. The Bertz CT molecular complexity index is 787. The van der Waals surface area contributed by atoms with Crippen LogP contribution in [0.15, 0.2) is 42.6 Å². The van der Waals surface area contributed by atoms with Gasteiger partial charge in [-0.3, -0.25) is 19.2 Å². The number of nitrogens with zero attached hydrogens (tertiary/aromatic N) is 3. The molecule has 0 aliphatic carbocycles. The molecule has 0 saturated carbocycles. The Kier molecular flexibility index (Phi) is 4.78. The van der Waals surface area contributed by atoms with Gasteiger partial charge in [0, 0.05) is 25.9 Å². The second kappa shape index (κ2) is 7.16. The average molecular weight is 341 g/mol. The molecule has 8 nitrogen and oxygen atoms in total. The highest BCUT2D eigenvalue weighted by Gasteiger charge is 2.38. The molecule has 2 aromatic rings. The van der Waals surface area contributed by atoms with E-state index in [4.69, 9.17) is 0 Å². The van der Waals surface area contributed by atoms with E-state index in [9.17, 15) is 14.4 Å². The van der Waals surface area contributed by atoms with E-state index < -0.39 is 12.1 Å². The van der Waals surface area contributed by atoms with Crippen molar-refractivity contribution in [1.29, 1.82) is 0 Å². The Morgan fingerprint density at radius 1 is 1.24 bits per heavy atom. The van der Waals surface area contributed by atoms with E-state index in [1.807, 2.05) is 30.3 Å². The van der Waals surface area contributed by atoms with Gasteiger partial charge in [-0.15, -0.1) is 0 Å². The summed E-state index contributed by atoms with van der Waals surface area (Å²) in [4.78, 5) is 37.6. The summed E-state index contributed by atoms with van der Waals surface area (Å²) in [6, 6.07) is 9.96. The Morgan fingerprint density at radius 2 is 2.00 bits per heavy atom. The van der Waals surface area contributed by atoms with E-state index in [-0.39, 0.29) is 24.8 Å². The van der Waals surface area contributed by atoms with Crippen LogP contribution < -0.4 is 10.6 Å². The second-order valence-corrected chi connectivity index (χ2v) is 5.85. The van der Waals surface area contributed by atoms with Gasteiger partial charge in [-0.05, 0) is 12.0 Å². The summed E-state index contributed by atoms with van der Waals surface area (Å²) in [6.07, 6.45) is 2.15. The van der Waals surface area contributed by atoms with Crippen molar-refractivity contribution in [2.24, 2.45) is 7.05 Å². The fourth-order valence-corrected chi connectivity index (χ4v) is 2.67. The number of urea groups is 1. The number of anilines is 1. The molecule has 1 atom stereocenters. The van der Waals surface area contributed by atoms with Gasteiger partial charge in [0.1, 0.15) is 6.04 Å². The van der Waals surface area contributed by atoms with Crippen LogP contribution in [0.4, 0.5) is 10.6 Å². The zero-order valence-corrected chi connectivity index (χ0v) is 13.8. The molecule has 3 rings (SSSR count).